The molecule has 1 unspecified atom stereocenters. The topological polar surface area (TPSA) is 124 Å². The Morgan fingerprint density at radius 1 is 1.08 bits per heavy atom. The fourth-order valence-electron chi connectivity index (χ4n) is 4.66. The van der Waals surface area contributed by atoms with Crippen molar-refractivity contribution in [3.05, 3.63) is 94.2 Å². The van der Waals surface area contributed by atoms with E-state index in [-0.39, 0.29) is 5.56 Å². The van der Waals surface area contributed by atoms with Gasteiger partial charge in [0.05, 0.1) is 38.1 Å². The molecule has 0 spiro atoms. The molecule has 0 saturated heterocycles. The van der Waals surface area contributed by atoms with Crippen molar-refractivity contribution in [1.82, 2.24) is 35.1 Å². The molecule has 5 rings (SSSR count). The second-order valence-electron chi connectivity index (χ2n) is 10.2. The number of aromatic amines is 1. The summed E-state index contributed by atoms with van der Waals surface area (Å²) in [5.74, 6) is 2.35. The number of hydrogen-bond donors (Lipinski definition) is 1. The highest BCUT2D eigenvalue weighted by molar-refractivity contribution is 5.83. The van der Waals surface area contributed by atoms with Crippen molar-refractivity contribution in [2.75, 3.05) is 14.2 Å². The average molecular weight is 530 g/mol. The zero-order valence-electron chi connectivity index (χ0n) is 22.6. The summed E-state index contributed by atoms with van der Waals surface area (Å²) < 4.78 is 18.4. The smallest absolute Gasteiger partial charge is 0.253 e. The van der Waals surface area contributed by atoms with Crippen LogP contribution in [0.4, 0.5) is 0 Å². The van der Waals surface area contributed by atoms with Crippen LogP contribution in [0.1, 0.15) is 49.5 Å². The van der Waals surface area contributed by atoms with E-state index in [2.05, 4.69) is 30.4 Å². The highest BCUT2D eigenvalue weighted by atomic mass is 16.5. The van der Waals surface area contributed by atoms with E-state index in [1.807, 2.05) is 57.2 Å². The first-order chi connectivity index (χ1) is 18.8. The molecular weight excluding hydrogens is 498 g/mol. The molecule has 5 aromatic rings. The van der Waals surface area contributed by atoms with Crippen molar-refractivity contribution < 1.29 is 13.9 Å². The maximum atomic E-state index is 13.8. The van der Waals surface area contributed by atoms with Gasteiger partial charge in [0.2, 0.25) is 0 Å². The Balaban J connectivity index is 1.74. The Hall–Kier alpha value is -4.51. The number of tetrazole rings is 1. The largest absolute Gasteiger partial charge is 0.493 e. The molecule has 1 N–H and O–H groups in total. The molecule has 0 bridgehead atoms. The van der Waals surface area contributed by atoms with Gasteiger partial charge in [0.15, 0.2) is 17.3 Å². The predicted octanol–water partition coefficient (Wildman–Crippen LogP) is 4.07. The summed E-state index contributed by atoms with van der Waals surface area (Å²) >= 11 is 0. The summed E-state index contributed by atoms with van der Waals surface area (Å²) in [5, 5.41) is 13.6. The number of furan rings is 1. The minimum absolute atomic E-state index is 0.265. The van der Waals surface area contributed by atoms with Crippen molar-refractivity contribution >= 4 is 10.9 Å². The summed E-state index contributed by atoms with van der Waals surface area (Å²) in [6, 6.07) is 12.5. The summed E-state index contributed by atoms with van der Waals surface area (Å²) in [5.41, 5.74) is 1.36. The zero-order valence-corrected chi connectivity index (χ0v) is 22.6. The van der Waals surface area contributed by atoms with E-state index in [0.29, 0.717) is 41.5 Å². The van der Waals surface area contributed by atoms with E-state index in [9.17, 15) is 4.79 Å². The van der Waals surface area contributed by atoms with E-state index in [1.165, 1.54) is 0 Å². The molecule has 0 radical (unpaired) electrons. The number of fused-ring (bicyclic) bond motifs is 1. The molecule has 0 aliphatic rings. The normalized spacial score (nSPS) is 12.7. The van der Waals surface area contributed by atoms with Gasteiger partial charge in [-0.3, -0.25) is 14.7 Å². The lowest BCUT2D eigenvalue weighted by atomic mass is 10.0. The summed E-state index contributed by atoms with van der Waals surface area (Å²) in [7, 11) is 3.14. The third-order valence-corrected chi connectivity index (χ3v) is 6.46. The lowest BCUT2D eigenvalue weighted by Crippen LogP contribution is -2.37. The van der Waals surface area contributed by atoms with Crippen LogP contribution in [0.5, 0.6) is 11.5 Å². The van der Waals surface area contributed by atoms with Crippen LogP contribution in [-0.4, -0.2) is 49.3 Å². The zero-order chi connectivity index (χ0) is 27.6. The highest BCUT2D eigenvalue weighted by Crippen LogP contribution is 2.35. The third kappa shape index (κ3) is 5.39. The van der Waals surface area contributed by atoms with Gasteiger partial charge in [0.25, 0.3) is 5.56 Å². The molecule has 1 atom stereocenters. The summed E-state index contributed by atoms with van der Waals surface area (Å²) in [6.07, 6.45) is 5.17. The molecule has 4 heterocycles. The Kier molecular flexibility index (Phi) is 7.16. The van der Waals surface area contributed by atoms with Crippen molar-refractivity contribution in [2.45, 2.75) is 45.4 Å². The average Bonchev–Trinajstić information content (AvgIpc) is 3.61. The molecule has 0 amide bonds. The van der Waals surface area contributed by atoms with Crippen molar-refractivity contribution in [3.8, 4) is 11.5 Å². The second kappa shape index (κ2) is 10.7. The number of aromatic nitrogens is 6. The van der Waals surface area contributed by atoms with Crippen LogP contribution >= 0.6 is 0 Å². The van der Waals surface area contributed by atoms with Gasteiger partial charge in [-0.15, -0.1) is 5.10 Å². The summed E-state index contributed by atoms with van der Waals surface area (Å²) in [6.45, 7) is 6.91. The van der Waals surface area contributed by atoms with Gasteiger partial charge >= 0.3 is 0 Å². The number of ether oxygens (including phenoxy) is 2. The number of nitrogens with one attached hydrogen (secondary N) is 1. The number of methoxy groups -OCH3 is 2. The Morgan fingerprint density at radius 3 is 2.54 bits per heavy atom. The number of H-pyrrole nitrogens is 1. The van der Waals surface area contributed by atoms with Crippen LogP contribution in [0, 0.1) is 0 Å². The lowest BCUT2D eigenvalue weighted by Gasteiger charge is -2.32. The first-order valence-electron chi connectivity index (χ1n) is 12.5. The molecule has 39 heavy (non-hydrogen) atoms. The van der Waals surface area contributed by atoms with E-state index < -0.39 is 11.6 Å². The Labute approximate surface area is 225 Å². The molecule has 0 saturated carbocycles. The molecular formula is C28H31N7O4. The molecule has 1 aromatic carbocycles. The number of nitrogens with zero attached hydrogens (tertiary/aromatic N) is 6. The Bertz CT molecular complexity index is 1600. The van der Waals surface area contributed by atoms with Gasteiger partial charge in [-0.2, -0.15) is 0 Å². The molecule has 0 fully saturated rings. The van der Waals surface area contributed by atoms with Crippen molar-refractivity contribution in [2.24, 2.45) is 0 Å². The van der Waals surface area contributed by atoms with E-state index in [4.69, 9.17) is 13.9 Å². The lowest BCUT2D eigenvalue weighted by molar-refractivity contribution is 0.171. The van der Waals surface area contributed by atoms with Gasteiger partial charge < -0.3 is 18.9 Å². The summed E-state index contributed by atoms with van der Waals surface area (Å²) in [4.78, 5) is 23.2. The van der Waals surface area contributed by atoms with Crippen LogP contribution in [-0.2, 0) is 18.6 Å². The first kappa shape index (κ1) is 26.1. The maximum Gasteiger partial charge on any atom is 0.253 e. The SMILES string of the molecule is COc1cc2cc(C(c3nnnn3C(C)(C)C)N(Cc3cccnc3)Cc3ccco3)c(=O)[nH]c2cc1OC. The first-order valence-corrected chi connectivity index (χ1v) is 12.5. The molecule has 202 valence electrons. The standard InChI is InChI=1S/C28H31N7O4/c1-28(2,3)35-26(31-32-33-35)25(34(17-20-9-7-11-39-20)16-18-8-6-10-29-15-18)21-12-19-13-23(37-4)24(38-5)14-22(19)30-27(21)36/h6-15,25H,16-17H2,1-5H3,(H,30,36). The van der Waals surface area contributed by atoms with E-state index in [1.54, 1.807) is 43.6 Å². The Morgan fingerprint density at radius 2 is 1.87 bits per heavy atom. The van der Waals surface area contributed by atoms with Gasteiger partial charge in [-0.25, -0.2) is 4.68 Å². The van der Waals surface area contributed by atoms with E-state index in [0.717, 1.165) is 16.7 Å². The third-order valence-electron chi connectivity index (χ3n) is 6.46. The highest BCUT2D eigenvalue weighted by Gasteiger charge is 2.34. The van der Waals surface area contributed by atoms with Crippen LogP contribution in [0.3, 0.4) is 0 Å². The van der Waals surface area contributed by atoms with Crippen molar-refractivity contribution in [3.63, 3.8) is 0 Å². The van der Waals surface area contributed by atoms with Gasteiger partial charge in [-0.05, 0) is 67.1 Å². The molecule has 11 nitrogen and oxygen atoms in total. The van der Waals surface area contributed by atoms with Gasteiger partial charge in [0.1, 0.15) is 11.8 Å². The fourth-order valence-corrected chi connectivity index (χ4v) is 4.66. The quantitative estimate of drug-likeness (QED) is 0.301. The van der Waals surface area contributed by atoms with Gasteiger partial charge in [0, 0.05) is 36.0 Å². The van der Waals surface area contributed by atoms with Gasteiger partial charge in [-0.1, -0.05) is 6.07 Å². The van der Waals surface area contributed by atoms with Crippen LogP contribution in [0.25, 0.3) is 10.9 Å². The van der Waals surface area contributed by atoms with E-state index >= 15 is 0 Å². The van der Waals surface area contributed by atoms with Crippen LogP contribution < -0.4 is 15.0 Å². The van der Waals surface area contributed by atoms with Crippen LogP contribution in [0.15, 0.2) is 70.3 Å². The number of pyridine rings is 2. The molecule has 4 aromatic heterocycles. The minimum Gasteiger partial charge on any atom is -0.493 e. The van der Waals surface area contributed by atoms with Crippen molar-refractivity contribution in [1.29, 1.82) is 0 Å². The molecule has 11 heteroatoms. The monoisotopic (exact) mass is 529 g/mol. The van der Waals surface area contributed by atoms with Crippen LogP contribution in [0.2, 0.25) is 0 Å². The molecule has 0 aliphatic heterocycles. The minimum atomic E-state index is -0.634. The molecule has 0 aliphatic carbocycles. The number of hydrogen-bond acceptors (Lipinski definition) is 9. The predicted molar refractivity (Wildman–Crippen MR) is 145 cm³/mol. The fraction of sp³-hybridized carbons (Fsp3) is 0.321. The maximum absolute atomic E-state index is 13.8. The number of benzene rings is 1. The number of rotatable bonds is 9. The second-order valence-corrected chi connectivity index (χ2v) is 10.2.